The number of carbonyl (C=O) groups is 1. The molecular formula is C13H16O4. The van der Waals surface area contributed by atoms with Gasteiger partial charge >= 0.3 is 5.97 Å². The zero-order chi connectivity index (χ0) is 12.3. The molecule has 1 atom stereocenters. The Kier molecular flexibility index (Phi) is 3.64. The second-order valence-electron chi connectivity index (χ2n) is 3.95. The van der Waals surface area contributed by atoms with E-state index in [4.69, 9.17) is 9.47 Å². The van der Waals surface area contributed by atoms with Crippen LogP contribution in [0.15, 0.2) is 18.2 Å². The van der Waals surface area contributed by atoms with Gasteiger partial charge in [0, 0.05) is 0 Å². The van der Waals surface area contributed by atoms with Crippen LogP contribution in [0, 0.1) is 0 Å². The Hall–Kier alpha value is -1.55. The summed E-state index contributed by atoms with van der Waals surface area (Å²) in [6.07, 6.45) is 0.815. The summed E-state index contributed by atoms with van der Waals surface area (Å²) in [4.78, 5) is 11.6. The maximum absolute atomic E-state index is 11.6. The molecule has 1 N–H and O–H groups in total. The third kappa shape index (κ3) is 2.42. The monoisotopic (exact) mass is 236 g/mol. The van der Waals surface area contributed by atoms with Gasteiger partial charge in [-0.15, -0.1) is 0 Å². The summed E-state index contributed by atoms with van der Waals surface area (Å²) < 4.78 is 10.5. The minimum absolute atomic E-state index is 0.00337. The normalized spacial score (nSPS) is 18.1. The minimum Gasteiger partial charge on any atom is -0.478 e. The Labute approximate surface area is 100 Å². The lowest BCUT2D eigenvalue weighted by molar-refractivity contribution is -0.152. The van der Waals surface area contributed by atoms with Crippen molar-refractivity contribution < 1.29 is 19.4 Å². The van der Waals surface area contributed by atoms with Gasteiger partial charge in [0.2, 0.25) is 0 Å². The van der Waals surface area contributed by atoms with Gasteiger partial charge in [-0.05, 0) is 37.0 Å². The molecule has 2 rings (SSSR count). The molecule has 1 aliphatic rings. The average Bonchev–Trinajstić information content (AvgIpc) is 2.37. The smallest absolute Gasteiger partial charge is 0.347 e. The number of esters is 1. The number of hydrogen-bond acceptors (Lipinski definition) is 4. The molecule has 1 heterocycles. The Balaban J connectivity index is 2.17. The number of carbonyl (C=O) groups excluding carboxylic acids is 1. The van der Waals surface area contributed by atoms with E-state index in [2.05, 4.69) is 0 Å². The molecule has 17 heavy (non-hydrogen) atoms. The van der Waals surface area contributed by atoms with Crippen molar-refractivity contribution in [2.45, 2.75) is 32.5 Å². The lowest BCUT2D eigenvalue weighted by atomic mass is 9.97. The van der Waals surface area contributed by atoms with Crippen molar-refractivity contribution in [2.24, 2.45) is 0 Å². The van der Waals surface area contributed by atoms with Crippen LogP contribution in [0.3, 0.4) is 0 Å². The molecule has 0 radical (unpaired) electrons. The van der Waals surface area contributed by atoms with E-state index in [0.717, 1.165) is 17.5 Å². The molecule has 0 spiro atoms. The highest BCUT2D eigenvalue weighted by Crippen LogP contribution is 2.30. The third-order valence-electron chi connectivity index (χ3n) is 2.88. The molecule has 0 aliphatic carbocycles. The molecule has 1 aliphatic heterocycles. The van der Waals surface area contributed by atoms with Gasteiger partial charge in [0.15, 0.2) is 6.10 Å². The molecular weight excluding hydrogens is 220 g/mol. The van der Waals surface area contributed by atoms with E-state index in [1.807, 2.05) is 18.2 Å². The van der Waals surface area contributed by atoms with Crippen LogP contribution in [0.4, 0.5) is 0 Å². The fourth-order valence-corrected chi connectivity index (χ4v) is 2.04. The molecule has 0 aromatic heterocycles. The maximum Gasteiger partial charge on any atom is 0.347 e. The number of aliphatic hydroxyl groups is 1. The van der Waals surface area contributed by atoms with Crippen molar-refractivity contribution in [2.75, 3.05) is 6.61 Å². The number of hydrogen-bond donors (Lipinski definition) is 1. The molecule has 92 valence electrons. The van der Waals surface area contributed by atoms with Gasteiger partial charge in [0.25, 0.3) is 0 Å². The number of ether oxygens (including phenoxy) is 2. The molecule has 0 amide bonds. The summed E-state index contributed by atoms with van der Waals surface area (Å²) in [5.41, 5.74) is 1.86. The zero-order valence-electron chi connectivity index (χ0n) is 9.81. The predicted molar refractivity (Wildman–Crippen MR) is 61.7 cm³/mol. The van der Waals surface area contributed by atoms with E-state index in [1.165, 1.54) is 0 Å². The largest absolute Gasteiger partial charge is 0.478 e. The zero-order valence-corrected chi connectivity index (χ0v) is 9.81. The van der Waals surface area contributed by atoms with Crippen molar-refractivity contribution in [3.8, 4) is 5.75 Å². The number of aliphatic hydroxyl groups excluding tert-OH is 1. The predicted octanol–water partition coefficient (Wildman–Crippen LogP) is 1.44. The minimum atomic E-state index is -0.517. The topological polar surface area (TPSA) is 55.8 Å². The van der Waals surface area contributed by atoms with Crippen LogP contribution < -0.4 is 4.74 Å². The quantitative estimate of drug-likeness (QED) is 0.807. The highest BCUT2D eigenvalue weighted by atomic mass is 16.6. The summed E-state index contributed by atoms with van der Waals surface area (Å²) in [6.45, 7) is 2.14. The molecule has 1 aromatic carbocycles. The van der Waals surface area contributed by atoms with Gasteiger partial charge in [-0.2, -0.15) is 0 Å². The van der Waals surface area contributed by atoms with Gasteiger partial charge in [0.1, 0.15) is 5.75 Å². The standard InChI is InChI=1S/C13H16O4/c1-2-16-13(15)12-7-6-10-9(8-14)4-3-5-11(10)17-12/h3-5,12,14H,2,6-8H2,1H3. The lowest BCUT2D eigenvalue weighted by Gasteiger charge is -2.25. The molecule has 4 nitrogen and oxygen atoms in total. The molecule has 0 bridgehead atoms. The van der Waals surface area contributed by atoms with Crippen LogP contribution in [-0.4, -0.2) is 23.8 Å². The van der Waals surface area contributed by atoms with E-state index in [-0.39, 0.29) is 12.6 Å². The maximum atomic E-state index is 11.6. The van der Waals surface area contributed by atoms with Crippen LogP contribution in [0.25, 0.3) is 0 Å². The number of rotatable bonds is 3. The van der Waals surface area contributed by atoms with E-state index in [1.54, 1.807) is 6.92 Å². The van der Waals surface area contributed by atoms with Crippen molar-refractivity contribution in [1.29, 1.82) is 0 Å². The first-order valence-electron chi connectivity index (χ1n) is 5.81. The van der Waals surface area contributed by atoms with Gasteiger partial charge in [-0.3, -0.25) is 0 Å². The van der Waals surface area contributed by atoms with Crippen molar-refractivity contribution in [3.63, 3.8) is 0 Å². The first-order valence-corrected chi connectivity index (χ1v) is 5.81. The molecule has 4 heteroatoms. The van der Waals surface area contributed by atoms with Crippen LogP contribution in [0.5, 0.6) is 5.75 Å². The first-order chi connectivity index (χ1) is 8.26. The van der Waals surface area contributed by atoms with Crippen LogP contribution in [0.2, 0.25) is 0 Å². The van der Waals surface area contributed by atoms with Crippen molar-refractivity contribution in [1.82, 2.24) is 0 Å². The summed E-state index contributed by atoms with van der Waals surface area (Å²) in [6, 6.07) is 5.50. The SMILES string of the molecule is CCOC(=O)C1CCc2c(CO)cccc2O1. The third-order valence-corrected chi connectivity index (χ3v) is 2.88. The van der Waals surface area contributed by atoms with Gasteiger partial charge in [-0.1, -0.05) is 12.1 Å². The van der Waals surface area contributed by atoms with Gasteiger partial charge in [0.05, 0.1) is 13.2 Å². The van der Waals surface area contributed by atoms with E-state index >= 15 is 0 Å². The van der Waals surface area contributed by atoms with Gasteiger partial charge in [-0.25, -0.2) is 4.79 Å². The van der Waals surface area contributed by atoms with Crippen molar-refractivity contribution in [3.05, 3.63) is 29.3 Å². The number of benzene rings is 1. The van der Waals surface area contributed by atoms with Crippen LogP contribution >= 0.6 is 0 Å². The van der Waals surface area contributed by atoms with E-state index in [0.29, 0.717) is 18.8 Å². The van der Waals surface area contributed by atoms with E-state index in [9.17, 15) is 9.90 Å². The van der Waals surface area contributed by atoms with Crippen LogP contribution in [-0.2, 0) is 22.6 Å². The fourth-order valence-electron chi connectivity index (χ4n) is 2.04. The van der Waals surface area contributed by atoms with Crippen molar-refractivity contribution >= 4 is 5.97 Å². The summed E-state index contributed by atoms with van der Waals surface area (Å²) in [5, 5.41) is 9.21. The first kappa shape index (κ1) is 11.9. The molecule has 1 unspecified atom stereocenters. The Bertz CT molecular complexity index is 414. The highest BCUT2D eigenvalue weighted by Gasteiger charge is 2.28. The second-order valence-corrected chi connectivity index (χ2v) is 3.95. The highest BCUT2D eigenvalue weighted by molar-refractivity contribution is 5.75. The Morgan fingerprint density at radius 2 is 2.41 bits per heavy atom. The molecule has 0 fully saturated rings. The molecule has 1 aromatic rings. The molecule has 0 saturated carbocycles. The molecule has 0 saturated heterocycles. The van der Waals surface area contributed by atoms with Gasteiger partial charge < -0.3 is 14.6 Å². The van der Waals surface area contributed by atoms with Crippen LogP contribution in [0.1, 0.15) is 24.5 Å². The van der Waals surface area contributed by atoms with E-state index < -0.39 is 6.10 Å². The summed E-state index contributed by atoms with van der Waals surface area (Å²) in [5.74, 6) is 0.369. The Morgan fingerprint density at radius 1 is 1.59 bits per heavy atom. The fraction of sp³-hybridized carbons (Fsp3) is 0.462. The Morgan fingerprint density at radius 3 is 3.12 bits per heavy atom. The second kappa shape index (κ2) is 5.19. The average molecular weight is 236 g/mol. The summed E-state index contributed by atoms with van der Waals surface area (Å²) in [7, 11) is 0. The lowest BCUT2D eigenvalue weighted by Crippen LogP contribution is -2.33. The number of fused-ring (bicyclic) bond motifs is 1. The summed E-state index contributed by atoms with van der Waals surface area (Å²) >= 11 is 0.